The Kier molecular flexibility index (Phi) is 15.4. The smallest absolute Gasteiger partial charge is 0.330 e. The van der Waals surface area contributed by atoms with E-state index in [2.05, 4.69) is 11.7 Å². The van der Waals surface area contributed by atoms with Crippen LogP contribution in [0.1, 0.15) is 84.0 Å². The molecule has 0 aliphatic heterocycles. The Morgan fingerprint density at radius 2 is 1.48 bits per heavy atom. The standard InChI is InChI=1S/C19H36O4/c1-3-4-8-12-17(20)14-11-15-18(21)13-9-6-5-7-10-16-19(22)23-2/h10,16-18,20-21H,3-9,11-15H2,1-2H3. The summed E-state index contributed by atoms with van der Waals surface area (Å²) in [6, 6.07) is 0. The van der Waals surface area contributed by atoms with Gasteiger partial charge in [0.05, 0.1) is 19.3 Å². The fourth-order valence-corrected chi connectivity index (χ4v) is 2.57. The molecule has 2 unspecified atom stereocenters. The van der Waals surface area contributed by atoms with E-state index < -0.39 is 0 Å². The van der Waals surface area contributed by atoms with Crippen molar-refractivity contribution in [2.75, 3.05) is 7.11 Å². The fraction of sp³-hybridized carbons (Fsp3) is 0.842. The number of methoxy groups -OCH3 is 1. The maximum atomic E-state index is 10.9. The molecule has 4 nitrogen and oxygen atoms in total. The van der Waals surface area contributed by atoms with E-state index in [-0.39, 0.29) is 18.2 Å². The number of unbranched alkanes of at least 4 members (excludes halogenated alkanes) is 5. The Morgan fingerprint density at radius 3 is 2.04 bits per heavy atom. The fourth-order valence-electron chi connectivity index (χ4n) is 2.57. The van der Waals surface area contributed by atoms with Crippen molar-refractivity contribution >= 4 is 5.97 Å². The zero-order valence-electron chi connectivity index (χ0n) is 15.0. The SMILES string of the molecule is CCCCCC(O)CCCC(O)CCCCCC=CC(=O)OC. The normalized spacial score (nSPS) is 14.1. The summed E-state index contributed by atoms with van der Waals surface area (Å²) in [5.74, 6) is -0.308. The molecule has 0 spiro atoms. The quantitative estimate of drug-likeness (QED) is 0.269. The summed E-state index contributed by atoms with van der Waals surface area (Å²) >= 11 is 0. The average Bonchev–Trinajstić information content (AvgIpc) is 2.53. The van der Waals surface area contributed by atoms with Gasteiger partial charge in [-0.2, -0.15) is 0 Å². The van der Waals surface area contributed by atoms with E-state index in [0.717, 1.165) is 64.2 Å². The van der Waals surface area contributed by atoms with Crippen molar-refractivity contribution in [1.82, 2.24) is 0 Å². The lowest BCUT2D eigenvalue weighted by molar-refractivity contribution is -0.134. The molecule has 0 aliphatic rings. The Labute approximate surface area is 141 Å². The van der Waals surface area contributed by atoms with Crippen molar-refractivity contribution in [1.29, 1.82) is 0 Å². The minimum absolute atomic E-state index is 0.199. The van der Waals surface area contributed by atoms with E-state index >= 15 is 0 Å². The third kappa shape index (κ3) is 15.8. The first-order chi connectivity index (χ1) is 11.1. The molecule has 0 radical (unpaired) electrons. The maximum absolute atomic E-state index is 10.9. The van der Waals surface area contributed by atoms with Gasteiger partial charge in [0.25, 0.3) is 0 Å². The Bertz CT molecular complexity index is 302. The van der Waals surface area contributed by atoms with Crippen LogP contribution in [0.4, 0.5) is 0 Å². The predicted molar refractivity (Wildman–Crippen MR) is 94.2 cm³/mol. The number of hydrogen-bond acceptors (Lipinski definition) is 4. The maximum Gasteiger partial charge on any atom is 0.330 e. The van der Waals surface area contributed by atoms with E-state index in [0.29, 0.717) is 0 Å². The van der Waals surface area contributed by atoms with Gasteiger partial charge in [0.15, 0.2) is 0 Å². The summed E-state index contributed by atoms with van der Waals surface area (Å²) in [5.41, 5.74) is 0. The van der Waals surface area contributed by atoms with Gasteiger partial charge < -0.3 is 14.9 Å². The van der Waals surface area contributed by atoms with Crippen molar-refractivity contribution in [3.05, 3.63) is 12.2 Å². The lowest BCUT2D eigenvalue weighted by Gasteiger charge is -2.13. The molecule has 0 rings (SSSR count). The first-order valence-corrected chi connectivity index (χ1v) is 9.20. The number of carbonyl (C=O) groups excluding carboxylic acids is 1. The van der Waals surface area contributed by atoms with Crippen molar-refractivity contribution < 1.29 is 19.7 Å². The highest BCUT2D eigenvalue weighted by Gasteiger charge is 2.07. The lowest BCUT2D eigenvalue weighted by atomic mass is 10.0. The summed E-state index contributed by atoms with van der Waals surface area (Å²) in [4.78, 5) is 10.9. The number of aliphatic hydroxyl groups is 2. The number of carbonyl (C=O) groups is 1. The number of aliphatic hydroxyl groups excluding tert-OH is 2. The number of esters is 1. The third-order valence-corrected chi connectivity index (χ3v) is 4.08. The van der Waals surface area contributed by atoms with Crippen LogP contribution < -0.4 is 0 Å². The van der Waals surface area contributed by atoms with Gasteiger partial charge in [-0.05, 0) is 44.9 Å². The van der Waals surface area contributed by atoms with E-state index in [1.165, 1.54) is 26.0 Å². The summed E-state index contributed by atoms with van der Waals surface area (Å²) < 4.78 is 4.51. The molecule has 4 heteroatoms. The number of hydrogen-bond donors (Lipinski definition) is 2. The van der Waals surface area contributed by atoms with Gasteiger partial charge in [0, 0.05) is 6.08 Å². The van der Waals surface area contributed by atoms with Crippen LogP contribution in [0.15, 0.2) is 12.2 Å². The van der Waals surface area contributed by atoms with Gasteiger partial charge in [-0.3, -0.25) is 0 Å². The molecule has 0 saturated heterocycles. The molecule has 0 aliphatic carbocycles. The van der Waals surface area contributed by atoms with E-state index in [4.69, 9.17) is 0 Å². The van der Waals surface area contributed by atoms with E-state index in [1.54, 1.807) is 0 Å². The van der Waals surface area contributed by atoms with Crippen LogP contribution in [0.3, 0.4) is 0 Å². The van der Waals surface area contributed by atoms with E-state index in [9.17, 15) is 15.0 Å². The first-order valence-electron chi connectivity index (χ1n) is 9.20. The molecule has 136 valence electrons. The summed E-state index contributed by atoms with van der Waals surface area (Å²) in [6.07, 6.45) is 14.5. The van der Waals surface area contributed by atoms with Gasteiger partial charge in [0.1, 0.15) is 0 Å². The van der Waals surface area contributed by atoms with Crippen LogP contribution in [0.2, 0.25) is 0 Å². The Balaban J connectivity index is 3.41. The van der Waals surface area contributed by atoms with Gasteiger partial charge in [-0.25, -0.2) is 4.79 Å². The molecular weight excluding hydrogens is 292 g/mol. The van der Waals surface area contributed by atoms with Crippen LogP contribution in [-0.2, 0) is 9.53 Å². The third-order valence-electron chi connectivity index (χ3n) is 4.08. The highest BCUT2D eigenvalue weighted by atomic mass is 16.5. The van der Waals surface area contributed by atoms with Gasteiger partial charge in [-0.1, -0.05) is 45.1 Å². The highest BCUT2D eigenvalue weighted by Crippen LogP contribution is 2.14. The molecule has 0 aromatic heterocycles. The van der Waals surface area contributed by atoms with Crippen molar-refractivity contribution in [2.24, 2.45) is 0 Å². The van der Waals surface area contributed by atoms with Crippen molar-refractivity contribution in [3.8, 4) is 0 Å². The largest absolute Gasteiger partial charge is 0.466 e. The molecule has 0 amide bonds. The highest BCUT2D eigenvalue weighted by molar-refractivity contribution is 5.81. The molecule has 0 heterocycles. The topological polar surface area (TPSA) is 66.8 Å². The first kappa shape index (κ1) is 22.1. The van der Waals surface area contributed by atoms with E-state index in [1.807, 2.05) is 6.08 Å². The zero-order valence-corrected chi connectivity index (χ0v) is 15.0. The lowest BCUT2D eigenvalue weighted by Crippen LogP contribution is -2.10. The zero-order chi connectivity index (χ0) is 17.3. The Morgan fingerprint density at radius 1 is 0.913 bits per heavy atom. The second-order valence-corrected chi connectivity index (χ2v) is 6.30. The molecular formula is C19H36O4. The predicted octanol–water partition coefficient (Wildman–Crippen LogP) is 4.14. The van der Waals surface area contributed by atoms with Crippen LogP contribution >= 0.6 is 0 Å². The second-order valence-electron chi connectivity index (χ2n) is 6.30. The molecule has 0 aromatic carbocycles. The van der Waals surface area contributed by atoms with Gasteiger partial charge in [-0.15, -0.1) is 0 Å². The molecule has 2 N–H and O–H groups in total. The van der Waals surface area contributed by atoms with Crippen LogP contribution in [-0.4, -0.2) is 35.5 Å². The molecule has 0 bridgehead atoms. The van der Waals surface area contributed by atoms with Crippen LogP contribution in [0.5, 0.6) is 0 Å². The molecule has 0 saturated carbocycles. The monoisotopic (exact) mass is 328 g/mol. The summed E-state index contributed by atoms with van der Waals surface area (Å²) in [6.45, 7) is 2.16. The summed E-state index contributed by atoms with van der Waals surface area (Å²) in [5, 5.41) is 19.7. The van der Waals surface area contributed by atoms with Crippen LogP contribution in [0, 0.1) is 0 Å². The second kappa shape index (κ2) is 16.0. The van der Waals surface area contributed by atoms with Crippen molar-refractivity contribution in [3.63, 3.8) is 0 Å². The number of ether oxygens (including phenoxy) is 1. The average molecular weight is 328 g/mol. The molecule has 2 atom stereocenters. The van der Waals surface area contributed by atoms with Gasteiger partial charge in [0.2, 0.25) is 0 Å². The number of rotatable bonds is 15. The Hall–Kier alpha value is -0.870. The molecule has 0 aromatic rings. The van der Waals surface area contributed by atoms with Gasteiger partial charge >= 0.3 is 5.97 Å². The van der Waals surface area contributed by atoms with Crippen molar-refractivity contribution in [2.45, 2.75) is 96.2 Å². The molecule has 23 heavy (non-hydrogen) atoms. The minimum Gasteiger partial charge on any atom is -0.466 e. The van der Waals surface area contributed by atoms with Crippen LogP contribution in [0.25, 0.3) is 0 Å². The minimum atomic E-state index is -0.308. The summed E-state index contributed by atoms with van der Waals surface area (Å²) in [7, 11) is 1.37. The number of allylic oxidation sites excluding steroid dienone is 1. The molecule has 0 fully saturated rings.